The monoisotopic (exact) mass is 552 g/mol. The van der Waals surface area contributed by atoms with Crippen molar-refractivity contribution < 1.29 is 19.0 Å². The van der Waals surface area contributed by atoms with Crippen LogP contribution < -0.4 is 31.7 Å². The highest BCUT2D eigenvalue weighted by molar-refractivity contribution is 5.94. The molecule has 0 fully saturated rings. The van der Waals surface area contributed by atoms with Gasteiger partial charge in [0.1, 0.15) is 5.75 Å². The van der Waals surface area contributed by atoms with Crippen molar-refractivity contribution in [1.29, 1.82) is 0 Å². The minimum absolute atomic E-state index is 0.156. The van der Waals surface area contributed by atoms with Crippen LogP contribution in [0.25, 0.3) is 0 Å². The van der Waals surface area contributed by atoms with Crippen LogP contribution in [0, 0.1) is 0 Å². The second-order valence-corrected chi connectivity index (χ2v) is 9.13. The van der Waals surface area contributed by atoms with Gasteiger partial charge in [-0.3, -0.25) is 4.79 Å². The molecule has 0 bridgehead atoms. The van der Waals surface area contributed by atoms with E-state index in [2.05, 4.69) is 36.2 Å². The molecule has 0 aliphatic heterocycles. The summed E-state index contributed by atoms with van der Waals surface area (Å²) in [6.45, 7) is 7.85. The zero-order valence-corrected chi connectivity index (χ0v) is 23.4. The second-order valence-electron chi connectivity index (χ2n) is 9.13. The fraction of sp³-hybridized carbons (Fsp3) is 0.429. The Bertz CT molecular complexity index is 1160. The van der Waals surface area contributed by atoms with Gasteiger partial charge in [-0.2, -0.15) is 15.0 Å². The lowest BCUT2D eigenvalue weighted by molar-refractivity contribution is 0.0511. The van der Waals surface area contributed by atoms with Gasteiger partial charge >= 0.3 is 0 Å². The molecule has 0 spiro atoms. The number of ether oxygens (including phenoxy) is 3. The highest BCUT2D eigenvalue weighted by atomic mass is 16.5. The van der Waals surface area contributed by atoms with Gasteiger partial charge in [0.25, 0.3) is 5.91 Å². The average Bonchev–Trinajstić information content (AvgIpc) is 2.96. The van der Waals surface area contributed by atoms with Crippen LogP contribution in [0.4, 0.5) is 17.8 Å². The van der Waals surface area contributed by atoms with Crippen LogP contribution in [0.5, 0.6) is 5.75 Å². The van der Waals surface area contributed by atoms with E-state index in [9.17, 15) is 4.79 Å². The first kappa shape index (κ1) is 30.5. The number of carbonyl (C=O) groups is 1. The van der Waals surface area contributed by atoms with Crippen molar-refractivity contribution in [2.24, 2.45) is 5.73 Å². The quantitative estimate of drug-likeness (QED) is 0.148. The van der Waals surface area contributed by atoms with Gasteiger partial charge in [-0.1, -0.05) is 24.3 Å². The molecule has 2 aromatic carbocycles. The van der Waals surface area contributed by atoms with Crippen molar-refractivity contribution in [3.8, 4) is 5.75 Å². The Morgan fingerprint density at radius 1 is 0.800 bits per heavy atom. The SMILES string of the molecule is COc1ccc(CNc2nc(NCc3ccc(C(=O)NCCOCCOCCN)cc3)nc(NC(C)C)n2)cc1. The van der Waals surface area contributed by atoms with Crippen LogP contribution >= 0.6 is 0 Å². The maximum Gasteiger partial charge on any atom is 0.251 e. The van der Waals surface area contributed by atoms with E-state index in [0.717, 1.165) is 16.9 Å². The molecule has 12 nitrogen and oxygen atoms in total. The lowest BCUT2D eigenvalue weighted by Gasteiger charge is -2.13. The fourth-order valence-electron chi connectivity index (χ4n) is 3.48. The van der Waals surface area contributed by atoms with E-state index >= 15 is 0 Å². The van der Waals surface area contributed by atoms with E-state index in [1.54, 1.807) is 19.2 Å². The van der Waals surface area contributed by atoms with E-state index in [-0.39, 0.29) is 11.9 Å². The van der Waals surface area contributed by atoms with E-state index in [0.29, 0.717) is 76.0 Å². The molecule has 1 amide bonds. The van der Waals surface area contributed by atoms with Crippen LogP contribution in [0.3, 0.4) is 0 Å². The van der Waals surface area contributed by atoms with Gasteiger partial charge in [0, 0.05) is 37.8 Å². The molecule has 3 rings (SSSR count). The number of benzene rings is 2. The molecule has 40 heavy (non-hydrogen) atoms. The number of hydrogen-bond acceptors (Lipinski definition) is 11. The zero-order valence-electron chi connectivity index (χ0n) is 23.4. The maximum atomic E-state index is 12.4. The van der Waals surface area contributed by atoms with Crippen molar-refractivity contribution in [3.05, 3.63) is 65.2 Å². The third kappa shape index (κ3) is 11.0. The van der Waals surface area contributed by atoms with Crippen LogP contribution in [-0.2, 0) is 22.6 Å². The minimum Gasteiger partial charge on any atom is -0.497 e. The summed E-state index contributed by atoms with van der Waals surface area (Å²) in [7, 11) is 1.64. The number of aromatic nitrogens is 3. The molecule has 3 aromatic rings. The lowest BCUT2D eigenvalue weighted by atomic mass is 10.1. The zero-order chi connectivity index (χ0) is 28.6. The van der Waals surface area contributed by atoms with Gasteiger partial charge in [-0.25, -0.2) is 0 Å². The summed E-state index contributed by atoms with van der Waals surface area (Å²) in [6.07, 6.45) is 0. The van der Waals surface area contributed by atoms with Crippen molar-refractivity contribution in [2.75, 3.05) is 62.6 Å². The molecule has 0 atom stereocenters. The third-order valence-corrected chi connectivity index (χ3v) is 5.50. The minimum atomic E-state index is -0.156. The molecule has 0 saturated carbocycles. The van der Waals surface area contributed by atoms with Crippen molar-refractivity contribution in [1.82, 2.24) is 20.3 Å². The molecule has 6 N–H and O–H groups in total. The highest BCUT2D eigenvalue weighted by Gasteiger charge is 2.09. The summed E-state index contributed by atoms with van der Waals surface area (Å²) in [6, 6.07) is 15.3. The molecule has 0 radical (unpaired) electrons. The number of rotatable bonds is 18. The number of methoxy groups -OCH3 is 1. The number of nitrogens with one attached hydrogen (secondary N) is 4. The van der Waals surface area contributed by atoms with Crippen LogP contribution in [0.1, 0.15) is 35.3 Å². The molecule has 1 aromatic heterocycles. The summed E-state index contributed by atoms with van der Waals surface area (Å²) in [5.41, 5.74) is 7.98. The van der Waals surface area contributed by atoms with Gasteiger partial charge in [0.15, 0.2) is 0 Å². The van der Waals surface area contributed by atoms with Gasteiger partial charge in [0.2, 0.25) is 17.8 Å². The Kier molecular flexibility index (Phi) is 12.9. The van der Waals surface area contributed by atoms with Gasteiger partial charge < -0.3 is 41.2 Å². The van der Waals surface area contributed by atoms with Gasteiger partial charge in [-0.05, 0) is 49.2 Å². The van der Waals surface area contributed by atoms with Crippen molar-refractivity contribution >= 4 is 23.8 Å². The van der Waals surface area contributed by atoms with Gasteiger partial charge in [0.05, 0.1) is 33.5 Å². The highest BCUT2D eigenvalue weighted by Crippen LogP contribution is 2.15. The molecule has 216 valence electrons. The van der Waals surface area contributed by atoms with E-state index in [1.165, 1.54) is 0 Å². The number of anilines is 3. The lowest BCUT2D eigenvalue weighted by Crippen LogP contribution is -2.27. The largest absolute Gasteiger partial charge is 0.497 e. The summed E-state index contributed by atoms with van der Waals surface area (Å²) in [4.78, 5) is 25.9. The molecule has 1 heterocycles. The number of nitrogens with zero attached hydrogens (tertiary/aromatic N) is 3. The Morgan fingerprint density at radius 3 is 1.90 bits per heavy atom. The molecule has 0 aliphatic carbocycles. The predicted octanol–water partition coefficient (Wildman–Crippen LogP) is 2.65. The summed E-state index contributed by atoms with van der Waals surface area (Å²) >= 11 is 0. The second kappa shape index (κ2) is 16.9. The first-order valence-electron chi connectivity index (χ1n) is 13.3. The van der Waals surface area contributed by atoms with Crippen LogP contribution in [0.2, 0.25) is 0 Å². The Balaban J connectivity index is 1.50. The Morgan fingerprint density at radius 2 is 1.35 bits per heavy atom. The molecular formula is C28H40N8O4. The number of hydrogen-bond donors (Lipinski definition) is 5. The smallest absolute Gasteiger partial charge is 0.251 e. The number of carbonyl (C=O) groups excluding carboxylic acids is 1. The molecule has 12 heteroatoms. The van der Waals surface area contributed by atoms with E-state index in [4.69, 9.17) is 19.9 Å². The maximum absolute atomic E-state index is 12.4. The Labute approximate surface area is 235 Å². The predicted molar refractivity (Wildman–Crippen MR) is 156 cm³/mol. The van der Waals surface area contributed by atoms with E-state index < -0.39 is 0 Å². The fourth-order valence-corrected chi connectivity index (χ4v) is 3.48. The molecular weight excluding hydrogens is 512 g/mol. The standard InChI is InChI=1S/C28H40N8O4/c1-20(2)33-28-35-26(34-27(36-28)32-19-22-6-10-24(38-3)11-7-22)31-18-21-4-8-23(9-5-21)25(37)30-13-15-40-17-16-39-14-12-29/h4-11,20H,12-19,29H2,1-3H3,(H,30,37)(H3,31,32,33,34,35,36). The summed E-state index contributed by atoms with van der Waals surface area (Å²) < 4.78 is 15.9. The van der Waals surface area contributed by atoms with Crippen LogP contribution in [0.15, 0.2) is 48.5 Å². The van der Waals surface area contributed by atoms with Crippen LogP contribution in [-0.4, -0.2) is 73.5 Å². The summed E-state index contributed by atoms with van der Waals surface area (Å²) in [5.74, 6) is 2.01. The van der Waals surface area contributed by atoms with Crippen molar-refractivity contribution in [3.63, 3.8) is 0 Å². The van der Waals surface area contributed by atoms with E-state index in [1.807, 2.05) is 50.2 Å². The summed E-state index contributed by atoms with van der Waals surface area (Å²) in [5, 5.41) is 12.6. The molecule has 0 saturated heterocycles. The first-order chi connectivity index (χ1) is 19.5. The average molecular weight is 553 g/mol. The number of amides is 1. The van der Waals surface area contributed by atoms with Gasteiger partial charge in [-0.15, -0.1) is 0 Å². The molecule has 0 aliphatic rings. The number of nitrogens with two attached hydrogens (primary N) is 1. The Hall–Kier alpha value is -4.00. The van der Waals surface area contributed by atoms with Crippen molar-refractivity contribution in [2.45, 2.75) is 33.0 Å². The topological polar surface area (TPSA) is 158 Å². The molecule has 0 unspecified atom stereocenters. The first-order valence-corrected chi connectivity index (χ1v) is 13.3. The normalized spacial score (nSPS) is 10.8. The third-order valence-electron chi connectivity index (χ3n) is 5.50.